The molecule has 2 rings (SSSR count). The van der Waals surface area contributed by atoms with E-state index in [9.17, 15) is 0 Å². The number of guanidine groups is 1. The van der Waals surface area contributed by atoms with Crippen molar-refractivity contribution in [2.24, 2.45) is 4.99 Å². The summed E-state index contributed by atoms with van der Waals surface area (Å²) in [6.07, 6.45) is 1.05. The van der Waals surface area contributed by atoms with Gasteiger partial charge in [-0.05, 0) is 44.5 Å². The van der Waals surface area contributed by atoms with Gasteiger partial charge in [0.2, 0.25) is 0 Å². The second-order valence-corrected chi connectivity index (χ2v) is 5.89. The number of hydrogen-bond donors (Lipinski definition) is 2. The lowest BCUT2D eigenvalue weighted by atomic mass is 10.2. The summed E-state index contributed by atoms with van der Waals surface area (Å²) in [6, 6.07) is 16.6. The lowest BCUT2D eigenvalue weighted by molar-refractivity contribution is 0.706. The van der Waals surface area contributed by atoms with Crippen LogP contribution in [0.4, 0.5) is 5.69 Å². The zero-order valence-electron chi connectivity index (χ0n) is 15.5. The lowest BCUT2D eigenvalue weighted by Gasteiger charge is -2.23. The Kier molecular flexibility index (Phi) is 7.76. The van der Waals surface area contributed by atoms with E-state index in [1.807, 2.05) is 25.1 Å². The fraction of sp³-hybridized carbons (Fsp3) is 0.400. The number of para-hydroxylation sites is 1. The van der Waals surface area contributed by atoms with Gasteiger partial charge >= 0.3 is 0 Å². The van der Waals surface area contributed by atoms with E-state index in [1.165, 1.54) is 5.69 Å². The highest BCUT2D eigenvalue weighted by Gasteiger charge is 2.04. The predicted molar refractivity (Wildman–Crippen MR) is 106 cm³/mol. The van der Waals surface area contributed by atoms with E-state index in [4.69, 9.17) is 0 Å². The van der Waals surface area contributed by atoms with E-state index < -0.39 is 0 Å². The average molecular weight is 339 g/mol. The van der Waals surface area contributed by atoms with Gasteiger partial charge in [-0.25, -0.2) is 0 Å². The predicted octanol–water partition coefficient (Wildman–Crippen LogP) is 2.97. The molecular weight excluding hydrogens is 310 g/mol. The van der Waals surface area contributed by atoms with Crippen LogP contribution in [0, 0.1) is 6.92 Å². The Balaban J connectivity index is 1.72. The van der Waals surface area contributed by atoms with E-state index in [-0.39, 0.29) is 0 Å². The smallest absolute Gasteiger partial charge is 0.191 e. The van der Waals surface area contributed by atoms with Crippen molar-refractivity contribution < 1.29 is 0 Å². The molecule has 5 nitrogen and oxygen atoms in total. The average Bonchev–Trinajstić information content (AvgIpc) is 2.65. The number of benzene rings is 1. The minimum atomic E-state index is 0.673. The minimum absolute atomic E-state index is 0.673. The maximum Gasteiger partial charge on any atom is 0.191 e. The maximum absolute atomic E-state index is 4.49. The van der Waals surface area contributed by atoms with E-state index in [0.29, 0.717) is 6.54 Å². The Hall–Kier alpha value is -2.56. The number of nitrogens with zero attached hydrogens (tertiary/aromatic N) is 3. The van der Waals surface area contributed by atoms with Gasteiger partial charge < -0.3 is 15.5 Å². The standard InChI is InChI=1S/C20H29N5/c1-4-25(19-12-6-5-7-13-19)15-9-14-22-20(21-3)23-16-18-11-8-10-17(2)24-18/h5-8,10-13H,4,9,14-16H2,1-3H3,(H2,21,22,23). The Morgan fingerprint density at radius 1 is 1.08 bits per heavy atom. The molecule has 0 aliphatic carbocycles. The van der Waals surface area contributed by atoms with Gasteiger partial charge in [0.15, 0.2) is 5.96 Å². The number of nitrogens with one attached hydrogen (secondary N) is 2. The molecule has 0 bridgehead atoms. The van der Waals surface area contributed by atoms with Crippen LogP contribution in [0.25, 0.3) is 0 Å². The lowest BCUT2D eigenvalue weighted by Crippen LogP contribution is -2.38. The maximum atomic E-state index is 4.49. The first-order valence-corrected chi connectivity index (χ1v) is 8.90. The number of aromatic nitrogens is 1. The summed E-state index contributed by atoms with van der Waals surface area (Å²) in [4.78, 5) is 11.1. The molecule has 2 aromatic rings. The molecule has 0 spiro atoms. The Morgan fingerprint density at radius 2 is 1.88 bits per heavy atom. The van der Waals surface area contributed by atoms with Gasteiger partial charge in [-0.1, -0.05) is 24.3 Å². The zero-order valence-corrected chi connectivity index (χ0v) is 15.5. The van der Waals surface area contributed by atoms with Gasteiger partial charge in [0.1, 0.15) is 0 Å². The van der Waals surface area contributed by atoms with Crippen molar-refractivity contribution in [3.8, 4) is 0 Å². The number of rotatable bonds is 8. The number of aryl methyl sites for hydroxylation is 1. The van der Waals surface area contributed by atoms with Crippen LogP contribution in [0.15, 0.2) is 53.5 Å². The molecule has 0 saturated heterocycles. The van der Waals surface area contributed by atoms with Gasteiger partial charge in [0, 0.05) is 38.1 Å². The number of pyridine rings is 1. The van der Waals surface area contributed by atoms with E-state index in [0.717, 1.165) is 43.4 Å². The van der Waals surface area contributed by atoms with Crippen LogP contribution in [-0.2, 0) is 6.54 Å². The first kappa shape index (κ1) is 18.8. The molecule has 0 atom stereocenters. The number of anilines is 1. The molecule has 0 amide bonds. The summed E-state index contributed by atoms with van der Waals surface area (Å²) in [5, 5.41) is 6.68. The monoisotopic (exact) mass is 339 g/mol. The molecule has 5 heteroatoms. The van der Waals surface area contributed by atoms with Crippen LogP contribution in [0.2, 0.25) is 0 Å². The minimum Gasteiger partial charge on any atom is -0.372 e. The van der Waals surface area contributed by atoms with E-state index in [1.54, 1.807) is 7.05 Å². The molecule has 0 unspecified atom stereocenters. The normalized spacial score (nSPS) is 11.2. The molecule has 0 aliphatic heterocycles. The van der Waals surface area contributed by atoms with E-state index in [2.05, 4.69) is 62.8 Å². The van der Waals surface area contributed by atoms with Crippen molar-refractivity contribution in [2.75, 3.05) is 31.6 Å². The third kappa shape index (κ3) is 6.45. The highest BCUT2D eigenvalue weighted by Crippen LogP contribution is 2.12. The first-order chi connectivity index (χ1) is 12.2. The van der Waals surface area contributed by atoms with Crippen molar-refractivity contribution in [1.82, 2.24) is 15.6 Å². The molecule has 0 saturated carbocycles. The molecule has 2 N–H and O–H groups in total. The third-order valence-corrected chi connectivity index (χ3v) is 4.01. The third-order valence-electron chi connectivity index (χ3n) is 4.01. The Bertz CT molecular complexity index is 654. The second-order valence-electron chi connectivity index (χ2n) is 5.89. The largest absolute Gasteiger partial charge is 0.372 e. The van der Waals surface area contributed by atoms with Crippen LogP contribution >= 0.6 is 0 Å². The topological polar surface area (TPSA) is 52.5 Å². The summed E-state index contributed by atoms with van der Waals surface area (Å²) in [5.74, 6) is 0.811. The molecule has 0 fully saturated rings. The fourth-order valence-electron chi connectivity index (χ4n) is 2.68. The van der Waals surface area contributed by atoms with Crippen LogP contribution in [0.3, 0.4) is 0 Å². The molecule has 134 valence electrons. The SMILES string of the molecule is CCN(CCCNC(=NC)NCc1cccc(C)n1)c1ccccc1. The Labute approximate surface area is 151 Å². The molecule has 25 heavy (non-hydrogen) atoms. The zero-order chi connectivity index (χ0) is 17.9. The highest BCUT2D eigenvalue weighted by molar-refractivity contribution is 5.79. The van der Waals surface area contributed by atoms with Gasteiger partial charge in [0.25, 0.3) is 0 Å². The summed E-state index contributed by atoms with van der Waals surface area (Å²) >= 11 is 0. The second kappa shape index (κ2) is 10.3. The quantitative estimate of drug-likeness (QED) is 0.441. The van der Waals surface area contributed by atoms with Crippen LogP contribution < -0.4 is 15.5 Å². The molecule has 1 aromatic heterocycles. The van der Waals surface area contributed by atoms with Gasteiger partial charge in [-0.3, -0.25) is 9.98 Å². The number of aliphatic imine (C=N–C) groups is 1. The van der Waals surface area contributed by atoms with E-state index >= 15 is 0 Å². The molecular formula is C20H29N5. The van der Waals surface area contributed by atoms with Crippen molar-refractivity contribution in [3.63, 3.8) is 0 Å². The fourth-order valence-corrected chi connectivity index (χ4v) is 2.68. The van der Waals surface area contributed by atoms with Gasteiger partial charge in [-0.15, -0.1) is 0 Å². The summed E-state index contributed by atoms with van der Waals surface area (Å²) in [6.45, 7) is 7.77. The van der Waals surface area contributed by atoms with Crippen molar-refractivity contribution in [3.05, 3.63) is 59.9 Å². The molecule has 1 aromatic carbocycles. The molecule has 0 aliphatic rings. The molecule has 0 radical (unpaired) electrons. The van der Waals surface area contributed by atoms with Crippen LogP contribution in [0.1, 0.15) is 24.7 Å². The Morgan fingerprint density at radius 3 is 2.56 bits per heavy atom. The summed E-state index contributed by atoms with van der Waals surface area (Å²) in [5.41, 5.74) is 3.32. The van der Waals surface area contributed by atoms with Crippen LogP contribution in [-0.4, -0.2) is 37.6 Å². The van der Waals surface area contributed by atoms with Crippen molar-refractivity contribution in [1.29, 1.82) is 0 Å². The van der Waals surface area contributed by atoms with Crippen molar-refractivity contribution in [2.45, 2.75) is 26.8 Å². The first-order valence-electron chi connectivity index (χ1n) is 8.90. The highest BCUT2D eigenvalue weighted by atomic mass is 15.2. The van der Waals surface area contributed by atoms with Crippen LogP contribution in [0.5, 0.6) is 0 Å². The molecule has 1 heterocycles. The summed E-state index contributed by atoms with van der Waals surface area (Å²) in [7, 11) is 1.79. The summed E-state index contributed by atoms with van der Waals surface area (Å²) < 4.78 is 0. The van der Waals surface area contributed by atoms with Crippen molar-refractivity contribution >= 4 is 11.6 Å². The number of hydrogen-bond acceptors (Lipinski definition) is 3. The van der Waals surface area contributed by atoms with Gasteiger partial charge in [-0.2, -0.15) is 0 Å². The van der Waals surface area contributed by atoms with Gasteiger partial charge in [0.05, 0.1) is 12.2 Å².